The van der Waals surface area contributed by atoms with E-state index < -0.39 is 0 Å². The fraction of sp³-hybridized carbons (Fsp3) is 0.500. The summed E-state index contributed by atoms with van der Waals surface area (Å²) in [5, 5.41) is 13.9. The van der Waals surface area contributed by atoms with E-state index in [1.165, 1.54) is 7.11 Å². The SMILES string of the molecule is COc1cc(Cl)cc(CC2CCNC2)c1O. The van der Waals surface area contributed by atoms with E-state index in [0.717, 1.165) is 31.5 Å². The maximum Gasteiger partial charge on any atom is 0.162 e. The molecule has 1 aromatic carbocycles. The van der Waals surface area contributed by atoms with Gasteiger partial charge in [-0.3, -0.25) is 0 Å². The number of nitrogens with one attached hydrogen (secondary N) is 1. The van der Waals surface area contributed by atoms with Gasteiger partial charge in [-0.25, -0.2) is 0 Å². The quantitative estimate of drug-likeness (QED) is 0.853. The number of rotatable bonds is 3. The molecule has 0 saturated carbocycles. The zero-order chi connectivity index (χ0) is 11.5. The fourth-order valence-corrected chi connectivity index (χ4v) is 2.37. The van der Waals surface area contributed by atoms with Gasteiger partial charge in [0.2, 0.25) is 0 Å². The van der Waals surface area contributed by atoms with Crippen molar-refractivity contribution in [2.45, 2.75) is 12.8 Å². The van der Waals surface area contributed by atoms with E-state index in [2.05, 4.69) is 5.32 Å². The molecule has 0 amide bonds. The van der Waals surface area contributed by atoms with E-state index in [-0.39, 0.29) is 5.75 Å². The van der Waals surface area contributed by atoms with Gasteiger partial charge < -0.3 is 15.2 Å². The summed E-state index contributed by atoms with van der Waals surface area (Å²) in [6.07, 6.45) is 1.99. The molecule has 1 aliphatic heterocycles. The standard InChI is InChI=1S/C12H16ClNO2/c1-16-11-6-10(13)5-9(12(11)15)4-8-2-3-14-7-8/h5-6,8,14-15H,2-4,7H2,1H3. The van der Waals surface area contributed by atoms with Crippen LogP contribution in [0.25, 0.3) is 0 Å². The minimum Gasteiger partial charge on any atom is -0.504 e. The highest BCUT2D eigenvalue weighted by molar-refractivity contribution is 6.30. The van der Waals surface area contributed by atoms with E-state index >= 15 is 0 Å². The van der Waals surface area contributed by atoms with Crippen LogP contribution in [0.2, 0.25) is 5.02 Å². The molecule has 1 saturated heterocycles. The minimum absolute atomic E-state index is 0.221. The number of ether oxygens (including phenoxy) is 1. The predicted octanol–water partition coefficient (Wildman–Crippen LogP) is 2.21. The molecule has 4 heteroatoms. The lowest BCUT2D eigenvalue weighted by Crippen LogP contribution is -2.10. The van der Waals surface area contributed by atoms with Gasteiger partial charge >= 0.3 is 0 Å². The van der Waals surface area contributed by atoms with Crippen molar-refractivity contribution in [1.82, 2.24) is 5.32 Å². The molecular weight excluding hydrogens is 226 g/mol. The molecule has 88 valence electrons. The third-order valence-electron chi connectivity index (χ3n) is 3.01. The highest BCUT2D eigenvalue weighted by Gasteiger charge is 2.18. The second-order valence-electron chi connectivity index (χ2n) is 4.18. The van der Waals surface area contributed by atoms with Crippen LogP contribution in [0.3, 0.4) is 0 Å². The summed E-state index contributed by atoms with van der Waals surface area (Å²) in [4.78, 5) is 0. The summed E-state index contributed by atoms with van der Waals surface area (Å²) < 4.78 is 5.08. The molecule has 1 aliphatic rings. The van der Waals surface area contributed by atoms with E-state index in [4.69, 9.17) is 16.3 Å². The molecule has 0 spiro atoms. The number of phenolic OH excluding ortho intramolecular Hbond substituents is 1. The Hall–Kier alpha value is -0.930. The van der Waals surface area contributed by atoms with Crippen molar-refractivity contribution in [3.63, 3.8) is 0 Å². The van der Waals surface area contributed by atoms with Gasteiger partial charge in [-0.1, -0.05) is 11.6 Å². The van der Waals surface area contributed by atoms with Crippen LogP contribution in [0, 0.1) is 5.92 Å². The maximum atomic E-state index is 9.97. The number of benzene rings is 1. The lowest BCUT2D eigenvalue weighted by molar-refractivity contribution is 0.368. The first-order valence-corrected chi connectivity index (χ1v) is 5.84. The molecule has 1 fully saturated rings. The molecule has 1 atom stereocenters. The molecular formula is C12H16ClNO2. The van der Waals surface area contributed by atoms with Crippen LogP contribution < -0.4 is 10.1 Å². The molecule has 1 heterocycles. The lowest BCUT2D eigenvalue weighted by atomic mass is 9.98. The Morgan fingerprint density at radius 2 is 2.38 bits per heavy atom. The van der Waals surface area contributed by atoms with Gasteiger partial charge in [0.1, 0.15) is 0 Å². The molecule has 1 aromatic rings. The molecule has 0 radical (unpaired) electrons. The first kappa shape index (κ1) is 11.6. The normalized spacial score (nSPS) is 20.0. The second-order valence-corrected chi connectivity index (χ2v) is 4.62. The number of phenols is 1. The Balaban J connectivity index is 2.21. The van der Waals surface area contributed by atoms with Crippen LogP contribution in [0.4, 0.5) is 0 Å². The Kier molecular flexibility index (Phi) is 3.56. The monoisotopic (exact) mass is 241 g/mol. The summed E-state index contributed by atoms with van der Waals surface area (Å²) >= 11 is 5.98. The average molecular weight is 242 g/mol. The molecule has 3 nitrogen and oxygen atoms in total. The van der Waals surface area contributed by atoms with E-state index in [0.29, 0.717) is 16.7 Å². The predicted molar refractivity (Wildman–Crippen MR) is 64.3 cm³/mol. The average Bonchev–Trinajstić information content (AvgIpc) is 2.75. The Morgan fingerprint density at radius 1 is 1.56 bits per heavy atom. The Morgan fingerprint density at radius 3 is 3.00 bits per heavy atom. The molecule has 2 rings (SSSR count). The van der Waals surface area contributed by atoms with Gasteiger partial charge in [-0.05, 0) is 43.5 Å². The number of hydrogen-bond donors (Lipinski definition) is 2. The Labute approximate surface area is 100 Å². The van der Waals surface area contributed by atoms with Crippen molar-refractivity contribution in [2.75, 3.05) is 20.2 Å². The smallest absolute Gasteiger partial charge is 0.162 e. The lowest BCUT2D eigenvalue weighted by Gasteiger charge is -2.13. The highest BCUT2D eigenvalue weighted by atomic mass is 35.5. The molecule has 0 bridgehead atoms. The van der Waals surface area contributed by atoms with Gasteiger partial charge in [-0.2, -0.15) is 0 Å². The zero-order valence-corrected chi connectivity index (χ0v) is 10.0. The summed E-state index contributed by atoms with van der Waals surface area (Å²) in [6.45, 7) is 2.07. The minimum atomic E-state index is 0.221. The van der Waals surface area contributed by atoms with Crippen molar-refractivity contribution >= 4 is 11.6 Å². The van der Waals surface area contributed by atoms with Crippen LogP contribution in [-0.4, -0.2) is 25.3 Å². The number of methoxy groups -OCH3 is 1. The highest BCUT2D eigenvalue weighted by Crippen LogP contribution is 2.35. The first-order valence-electron chi connectivity index (χ1n) is 5.47. The maximum absolute atomic E-state index is 9.97. The Bertz CT molecular complexity index is 376. The number of aromatic hydroxyl groups is 1. The molecule has 0 aliphatic carbocycles. The van der Waals surface area contributed by atoms with Gasteiger partial charge in [0.05, 0.1) is 7.11 Å². The molecule has 16 heavy (non-hydrogen) atoms. The first-order chi connectivity index (χ1) is 7.70. The van der Waals surface area contributed by atoms with E-state index in [9.17, 15) is 5.11 Å². The van der Waals surface area contributed by atoms with Crippen LogP contribution in [-0.2, 0) is 6.42 Å². The van der Waals surface area contributed by atoms with Crippen molar-refractivity contribution in [1.29, 1.82) is 0 Å². The summed E-state index contributed by atoms with van der Waals surface area (Å²) in [7, 11) is 1.53. The third-order valence-corrected chi connectivity index (χ3v) is 3.23. The molecule has 1 unspecified atom stereocenters. The number of hydrogen-bond acceptors (Lipinski definition) is 3. The van der Waals surface area contributed by atoms with Crippen LogP contribution in [0.1, 0.15) is 12.0 Å². The van der Waals surface area contributed by atoms with Gasteiger partial charge in [0, 0.05) is 11.1 Å². The molecule has 0 aromatic heterocycles. The van der Waals surface area contributed by atoms with Crippen LogP contribution >= 0.6 is 11.6 Å². The topological polar surface area (TPSA) is 41.5 Å². The van der Waals surface area contributed by atoms with Gasteiger partial charge in [0.25, 0.3) is 0 Å². The van der Waals surface area contributed by atoms with Gasteiger partial charge in [0.15, 0.2) is 11.5 Å². The third kappa shape index (κ3) is 2.42. The molecule has 2 N–H and O–H groups in total. The summed E-state index contributed by atoms with van der Waals surface area (Å²) in [5.41, 5.74) is 0.873. The van der Waals surface area contributed by atoms with Crippen LogP contribution in [0.5, 0.6) is 11.5 Å². The zero-order valence-electron chi connectivity index (χ0n) is 9.29. The largest absolute Gasteiger partial charge is 0.504 e. The van der Waals surface area contributed by atoms with Crippen molar-refractivity contribution in [3.8, 4) is 11.5 Å². The van der Waals surface area contributed by atoms with Crippen molar-refractivity contribution < 1.29 is 9.84 Å². The van der Waals surface area contributed by atoms with E-state index in [1.807, 2.05) is 6.07 Å². The van der Waals surface area contributed by atoms with E-state index in [1.54, 1.807) is 6.07 Å². The number of halogens is 1. The summed E-state index contributed by atoms with van der Waals surface area (Å²) in [6, 6.07) is 3.45. The van der Waals surface area contributed by atoms with Crippen molar-refractivity contribution in [3.05, 3.63) is 22.7 Å². The van der Waals surface area contributed by atoms with Crippen LogP contribution in [0.15, 0.2) is 12.1 Å². The fourth-order valence-electron chi connectivity index (χ4n) is 2.14. The van der Waals surface area contributed by atoms with Gasteiger partial charge in [-0.15, -0.1) is 0 Å². The van der Waals surface area contributed by atoms with Crippen molar-refractivity contribution in [2.24, 2.45) is 5.92 Å². The second kappa shape index (κ2) is 4.93. The summed E-state index contributed by atoms with van der Waals surface area (Å²) in [5.74, 6) is 1.25.